The molecule has 2 aliphatic carbocycles. The van der Waals surface area contributed by atoms with Crippen LogP contribution in [-0.4, -0.2) is 43.2 Å². The van der Waals surface area contributed by atoms with Gasteiger partial charge in [-0.1, -0.05) is 79.3 Å². The number of benzene rings is 2. The molecule has 0 aliphatic heterocycles. The molecule has 7 heteroatoms. The summed E-state index contributed by atoms with van der Waals surface area (Å²) >= 11 is 0. The van der Waals surface area contributed by atoms with Gasteiger partial charge in [0.1, 0.15) is 0 Å². The molecule has 42 heavy (non-hydrogen) atoms. The van der Waals surface area contributed by atoms with Crippen molar-refractivity contribution in [1.29, 1.82) is 0 Å². The Labute approximate surface area is 248 Å². The smallest absolute Gasteiger partial charge is 0.222 e. The third-order valence-electron chi connectivity index (χ3n) is 7.29. The van der Waals surface area contributed by atoms with Crippen molar-refractivity contribution in [2.24, 2.45) is 0 Å². The molecule has 2 aromatic heterocycles. The lowest BCUT2D eigenvalue weighted by Gasteiger charge is -2.22. The molecule has 7 nitrogen and oxygen atoms in total. The second-order valence-corrected chi connectivity index (χ2v) is 10.6. The number of rotatable bonds is 4. The molecule has 212 valence electrons. The fourth-order valence-corrected chi connectivity index (χ4v) is 4.97. The van der Waals surface area contributed by atoms with Crippen molar-refractivity contribution in [2.45, 2.75) is 69.6 Å². The van der Waals surface area contributed by atoms with Gasteiger partial charge in [0.05, 0.1) is 23.3 Å². The van der Waals surface area contributed by atoms with E-state index in [9.17, 15) is 5.11 Å². The summed E-state index contributed by atoms with van der Waals surface area (Å²) in [6, 6.07) is 20.3. The Kier molecular flexibility index (Phi) is 10.5. The fraction of sp³-hybridized carbons (Fsp3) is 0.314. The van der Waals surface area contributed by atoms with E-state index in [1.807, 2.05) is 60.7 Å². The lowest BCUT2D eigenvalue weighted by Crippen LogP contribution is -2.28. The molecule has 4 aromatic rings. The van der Waals surface area contributed by atoms with E-state index in [0.29, 0.717) is 17.9 Å². The van der Waals surface area contributed by atoms with Crippen molar-refractivity contribution < 1.29 is 5.11 Å². The van der Waals surface area contributed by atoms with Crippen LogP contribution in [0.5, 0.6) is 0 Å². The maximum absolute atomic E-state index is 9.77. The van der Waals surface area contributed by atoms with Crippen molar-refractivity contribution in [1.82, 2.24) is 19.9 Å². The molecule has 0 radical (unpaired) electrons. The van der Waals surface area contributed by atoms with E-state index >= 15 is 0 Å². The zero-order chi connectivity index (χ0) is 28.8. The van der Waals surface area contributed by atoms with Gasteiger partial charge in [-0.3, -0.25) is 0 Å². The molecular formula is C35H36N6O. The fourth-order valence-electron chi connectivity index (χ4n) is 4.97. The monoisotopic (exact) mass is 556 g/mol. The first kappa shape index (κ1) is 28.8. The number of aliphatic hydroxyl groups is 1. The molecule has 2 atom stereocenters. The molecular weight excluding hydrogens is 520 g/mol. The molecule has 6 rings (SSSR count). The molecule has 2 saturated carbocycles. The van der Waals surface area contributed by atoms with Gasteiger partial charge in [-0.25, -0.2) is 19.9 Å². The van der Waals surface area contributed by atoms with Crippen LogP contribution in [0.2, 0.25) is 0 Å². The summed E-state index contributed by atoms with van der Waals surface area (Å²) in [5.41, 5.74) is 3.58. The standard InChI is InChI=1S/C18H19N3.C17H17N3O/c1-3-7-15(8-4-1)11-12-16-13-19-18(20-14-16)21-17-9-5-2-6-10-17;21-16-8-4-7-15(16)20-17-18-11-14(12-19-17)10-9-13-5-2-1-3-6-13/h1,3-4,7-8,13-14,17H,2,5-6,9-10H2,(H,19,20,21);1-3,5-6,11-12,15-16,21H,4,7-8H2,(H,18,19,20). The van der Waals surface area contributed by atoms with Gasteiger partial charge in [0.2, 0.25) is 11.9 Å². The molecule has 0 bridgehead atoms. The van der Waals surface area contributed by atoms with Crippen LogP contribution in [0.1, 0.15) is 73.6 Å². The number of anilines is 2. The highest BCUT2D eigenvalue weighted by atomic mass is 16.3. The summed E-state index contributed by atoms with van der Waals surface area (Å²) in [6.07, 6.45) is 15.9. The first-order valence-corrected chi connectivity index (χ1v) is 14.7. The zero-order valence-electron chi connectivity index (χ0n) is 23.7. The van der Waals surface area contributed by atoms with Gasteiger partial charge in [0.15, 0.2) is 0 Å². The average molecular weight is 557 g/mol. The Morgan fingerprint density at radius 2 is 1.00 bits per heavy atom. The molecule has 2 aromatic carbocycles. The quantitative estimate of drug-likeness (QED) is 0.273. The van der Waals surface area contributed by atoms with E-state index in [0.717, 1.165) is 41.5 Å². The predicted octanol–water partition coefficient (Wildman–Crippen LogP) is 5.82. The molecule has 0 saturated heterocycles. The topological polar surface area (TPSA) is 95.9 Å². The number of nitrogens with one attached hydrogen (secondary N) is 2. The Balaban J connectivity index is 0.000000168. The van der Waals surface area contributed by atoms with Crippen LogP contribution in [-0.2, 0) is 0 Å². The van der Waals surface area contributed by atoms with Gasteiger partial charge < -0.3 is 15.7 Å². The number of hydrogen-bond donors (Lipinski definition) is 3. The van der Waals surface area contributed by atoms with Crippen LogP contribution in [0.4, 0.5) is 11.9 Å². The Bertz CT molecular complexity index is 1500. The SMILES string of the molecule is C(#Cc1cnc(NC2CCCCC2)nc1)c1ccccc1.OC1CCCC1Nc1ncc(C#Cc2ccccc2)cn1. The first-order valence-electron chi connectivity index (χ1n) is 14.7. The Morgan fingerprint density at radius 1 is 0.524 bits per heavy atom. The molecule has 2 heterocycles. The van der Waals surface area contributed by atoms with Gasteiger partial charge >= 0.3 is 0 Å². The summed E-state index contributed by atoms with van der Waals surface area (Å²) in [4.78, 5) is 17.2. The second kappa shape index (κ2) is 15.3. The molecule has 0 amide bonds. The van der Waals surface area contributed by atoms with E-state index < -0.39 is 0 Å². The van der Waals surface area contributed by atoms with Gasteiger partial charge in [-0.2, -0.15) is 0 Å². The van der Waals surface area contributed by atoms with Gasteiger partial charge in [0.25, 0.3) is 0 Å². The molecule has 0 spiro atoms. The normalized spacial score (nSPS) is 17.8. The number of nitrogens with zero attached hydrogens (tertiary/aromatic N) is 4. The Hall–Kier alpha value is -4.72. The van der Waals surface area contributed by atoms with Crippen LogP contribution in [0.25, 0.3) is 0 Å². The van der Waals surface area contributed by atoms with Gasteiger partial charge in [-0.05, 0) is 56.4 Å². The zero-order valence-corrected chi connectivity index (χ0v) is 23.7. The third-order valence-corrected chi connectivity index (χ3v) is 7.29. The van der Waals surface area contributed by atoms with Crippen molar-refractivity contribution in [3.05, 3.63) is 108 Å². The van der Waals surface area contributed by atoms with E-state index in [2.05, 4.69) is 54.3 Å². The van der Waals surface area contributed by atoms with Crippen molar-refractivity contribution in [2.75, 3.05) is 10.6 Å². The number of hydrogen-bond acceptors (Lipinski definition) is 7. The largest absolute Gasteiger partial charge is 0.391 e. The highest BCUT2D eigenvalue weighted by molar-refractivity contribution is 5.43. The second-order valence-electron chi connectivity index (χ2n) is 10.6. The van der Waals surface area contributed by atoms with Crippen LogP contribution in [0.15, 0.2) is 85.5 Å². The first-order chi connectivity index (χ1) is 20.7. The minimum absolute atomic E-state index is 0.0613. The summed E-state index contributed by atoms with van der Waals surface area (Å²) in [5, 5.41) is 16.4. The summed E-state index contributed by atoms with van der Waals surface area (Å²) in [6.45, 7) is 0. The highest BCUT2D eigenvalue weighted by Gasteiger charge is 2.25. The van der Waals surface area contributed by atoms with E-state index in [-0.39, 0.29) is 12.1 Å². The maximum Gasteiger partial charge on any atom is 0.222 e. The van der Waals surface area contributed by atoms with Crippen LogP contribution < -0.4 is 10.6 Å². The number of aromatic nitrogens is 4. The maximum atomic E-state index is 9.77. The molecule has 2 unspecified atom stereocenters. The minimum Gasteiger partial charge on any atom is -0.391 e. The number of aliphatic hydroxyl groups excluding tert-OH is 1. The van der Waals surface area contributed by atoms with Crippen molar-refractivity contribution in [3.63, 3.8) is 0 Å². The predicted molar refractivity (Wildman–Crippen MR) is 167 cm³/mol. The van der Waals surface area contributed by atoms with Crippen LogP contribution >= 0.6 is 0 Å². The highest BCUT2D eigenvalue weighted by Crippen LogP contribution is 2.21. The minimum atomic E-state index is -0.300. The lowest BCUT2D eigenvalue weighted by atomic mass is 9.96. The molecule has 2 aliphatic rings. The van der Waals surface area contributed by atoms with E-state index in [4.69, 9.17) is 0 Å². The summed E-state index contributed by atoms with van der Waals surface area (Å²) in [7, 11) is 0. The van der Waals surface area contributed by atoms with Gasteiger partial charge in [0, 0.05) is 42.0 Å². The van der Waals surface area contributed by atoms with E-state index in [1.54, 1.807) is 24.8 Å². The Morgan fingerprint density at radius 3 is 1.48 bits per heavy atom. The molecule has 2 fully saturated rings. The van der Waals surface area contributed by atoms with Crippen LogP contribution in [0.3, 0.4) is 0 Å². The van der Waals surface area contributed by atoms with E-state index in [1.165, 1.54) is 32.1 Å². The third kappa shape index (κ3) is 9.16. The molecule has 3 N–H and O–H groups in total. The van der Waals surface area contributed by atoms with Crippen molar-refractivity contribution >= 4 is 11.9 Å². The van der Waals surface area contributed by atoms with Gasteiger partial charge in [-0.15, -0.1) is 0 Å². The summed E-state index contributed by atoms with van der Waals surface area (Å²) < 4.78 is 0. The summed E-state index contributed by atoms with van der Waals surface area (Å²) in [5.74, 6) is 13.6. The van der Waals surface area contributed by atoms with Crippen LogP contribution in [0, 0.1) is 23.7 Å². The van der Waals surface area contributed by atoms with Crippen molar-refractivity contribution in [3.8, 4) is 23.7 Å². The lowest BCUT2D eigenvalue weighted by molar-refractivity contribution is 0.171. The average Bonchev–Trinajstić information content (AvgIpc) is 3.46.